The third-order valence-corrected chi connectivity index (χ3v) is 2.33. The van der Waals surface area contributed by atoms with Crippen LogP contribution in [0.3, 0.4) is 0 Å². The van der Waals surface area contributed by atoms with Crippen LogP contribution in [0.5, 0.6) is 0 Å². The minimum Gasteiger partial charge on any atom is -0.468 e. The molecule has 5 nitrogen and oxygen atoms in total. The molecule has 0 fully saturated rings. The summed E-state index contributed by atoms with van der Waals surface area (Å²) in [6.07, 6.45) is 0. The highest BCUT2D eigenvalue weighted by Gasteiger charge is 2.19. The fraction of sp³-hybridized carbons (Fsp3) is 0.818. The molecule has 1 unspecified atom stereocenters. The molecule has 5 heteroatoms. The van der Waals surface area contributed by atoms with Gasteiger partial charge in [0.1, 0.15) is 0 Å². The van der Waals surface area contributed by atoms with E-state index in [2.05, 4.69) is 10.1 Å². The molecule has 0 rings (SSSR count). The van der Waals surface area contributed by atoms with Gasteiger partial charge in [-0.05, 0) is 19.9 Å². The van der Waals surface area contributed by atoms with E-state index in [-0.39, 0.29) is 24.5 Å². The van der Waals surface area contributed by atoms with Crippen LogP contribution >= 0.6 is 0 Å². The van der Waals surface area contributed by atoms with Gasteiger partial charge in [0.05, 0.1) is 19.7 Å². The molecule has 1 amide bonds. The van der Waals surface area contributed by atoms with E-state index >= 15 is 0 Å². The normalized spacial score (nSPS) is 12.7. The van der Waals surface area contributed by atoms with Crippen LogP contribution in [0.25, 0.3) is 0 Å². The fourth-order valence-electron chi connectivity index (χ4n) is 1.06. The second-order valence-electron chi connectivity index (χ2n) is 4.31. The van der Waals surface area contributed by atoms with Crippen molar-refractivity contribution >= 4 is 11.9 Å². The summed E-state index contributed by atoms with van der Waals surface area (Å²) in [7, 11) is 3.05. The number of carbonyl (C=O) groups is 2. The van der Waals surface area contributed by atoms with Crippen molar-refractivity contribution in [3.05, 3.63) is 0 Å². The van der Waals surface area contributed by atoms with E-state index in [1.54, 1.807) is 18.9 Å². The van der Waals surface area contributed by atoms with Gasteiger partial charge in [0.15, 0.2) is 0 Å². The third-order valence-electron chi connectivity index (χ3n) is 2.33. The molecule has 0 aromatic rings. The molecule has 1 atom stereocenters. The number of hydrogen-bond donors (Lipinski definition) is 1. The van der Waals surface area contributed by atoms with E-state index in [1.165, 1.54) is 7.11 Å². The summed E-state index contributed by atoms with van der Waals surface area (Å²) in [5.41, 5.74) is 0. The van der Waals surface area contributed by atoms with Gasteiger partial charge in [-0.25, -0.2) is 0 Å². The number of carbonyl (C=O) groups excluding carboxylic acids is 2. The van der Waals surface area contributed by atoms with E-state index in [9.17, 15) is 9.59 Å². The van der Waals surface area contributed by atoms with Crippen molar-refractivity contribution in [2.24, 2.45) is 5.92 Å². The Bertz CT molecular complexity index is 241. The molecular weight excluding hydrogens is 208 g/mol. The monoisotopic (exact) mass is 230 g/mol. The molecule has 94 valence electrons. The summed E-state index contributed by atoms with van der Waals surface area (Å²) in [4.78, 5) is 24.3. The van der Waals surface area contributed by atoms with Crippen molar-refractivity contribution in [1.82, 2.24) is 10.2 Å². The van der Waals surface area contributed by atoms with Crippen LogP contribution in [-0.2, 0) is 14.3 Å². The zero-order chi connectivity index (χ0) is 12.7. The van der Waals surface area contributed by atoms with Gasteiger partial charge in [0.25, 0.3) is 0 Å². The van der Waals surface area contributed by atoms with Crippen LogP contribution in [0.4, 0.5) is 0 Å². The topological polar surface area (TPSA) is 58.6 Å². The fourth-order valence-corrected chi connectivity index (χ4v) is 1.06. The quantitative estimate of drug-likeness (QED) is 0.665. The number of hydrogen-bond acceptors (Lipinski definition) is 4. The first kappa shape index (κ1) is 14.9. The predicted molar refractivity (Wildman–Crippen MR) is 62.0 cm³/mol. The number of amides is 1. The van der Waals surface area contributed by atoms with E-state index < -0.39 is 0 Å². The van der Waals surface area contributed by atoms with Gasteiger partial charge in [0, 0.05) is 6.54 Å². The molecule has 0 radical (unpaired) electrons. The highest BCUT2D eigenvalue weighted by Crippen LogP contribution is 1.97. The summed E-state index contributed by atoms with van der Waals surface area (Å²) in [5.74, 6) is 0.00757. The van der Waals surface area contributed by atoms with Gasteiger partial charge in [-0.3, -0.25) is 14.5 Å². The number of methoxy groups -OCH3 is 1. The van der Waals surface area contributed by atoms with Crippen molar-refractivity contribution in [3.8, 4) is 0 Å². The standard InChI is InChI=1S/C11H22N2O3/c1-8(2)6-12-11(15)9(3)13(4)7-10(14)16-5/h8-9H,6-7H2,1-5H3,(H,12,15). The van der Waals surface area contributed by atoms with Crippen LogP contribution in [0.15, 0.2) is 0 Å². The maximum Gasteiger partial charge on any atom is 0.319 e. The Balaban J connectivity index is 4.06. The molecule has 0 aromatic heterocycles. The van der Waals surface area contributed by atoms with Gasteiger partial charge in [-0.15, -0.1) is 0 Å². The Kier molecular flexibility index (Phi) is 6.72. The van der Waals surface area contributed by atoms with Gasteiger partial charge >= 0.3 is 5.97 Å². The van der Waals surface area contributed by atoms with Crippen molar-refractivity contribution in [2.45, 2.75) is 26.8 Å². The SMILES string of the molecule is COC(=O)CN(C)C(C)C(=O)NCC(C)C. The summed E-state index contributed by atoms with van der Waals surface area (Å²) < 4.78 is 4.54. The van der Waals surface area contributed by atoms with Crippen LogP contribution in [0, 0.1) is 5.92 Å². The van der Waals surface area contributed by atoms with Gasteiger partial charge in [0.2, 0.25) is 5.91 Å². The molecule has 16 heavy (non-hydrogen) atoms. The average molecular weight is 230 g/mol. The molecule has 0 heterocycles. The van der Waals surface area contributed by atoms with Crippen molar-refractivity contribution in [2.75, 3.05) is 27.2 Å². The zero-order valence-corrected chi connectivity index (χ0v) is 10.7. The lowest BCUT2D eigenvalue weighted by atomic mass is 10.2. The first-order chi connectivity index (χ1) is 7.38. The molecule has 0 aliphatic rings. The minimum atomic E-state index is -0.342. The second-order valence-corrected chi connectivity index (χ2v) is 4.31. The lowest BCUT2D eigenvalue weighted by Gasteiger charge is -2.22. The van der Waals surface area contributed by atoms with Gasteiger partial charge in [-0.1, -0.05) is 13.8 Å². The number of nitrogens with zero attached hydrogens (tertiary/aromatic N) is 1. The number of ether oxygens (including phenoxy) is 1. The maximum atomic E-state index is 11.7. The Morgan fingerprint density at radius 1 is 1.31 bits per heavy atom. The lowest BCUT2D eigenvalue weighted by molar-refractivity contribution is -0.142. The molecular formula is C11H22N2O3. The first-order valence-corrected chi connectivity index (χ1v) is 5.43. The zero-order valence-electron chi connectivity index (χ0n) is 10.7. The highest BCUT2D eigenvalue weighted by atomic mass is 16.5. The summed E-state index contributed by atoms with van der Waals surface area (Å²) in [6.45, 7) is 6.59. The van der Waals surface area contributed by atoms with Gasteiger partial charge < -0.3 is 10.1 Å². The van der Waals surface area contributed by atoms with Crippen molar-refractivity contribution < 1.29 is 14.3 Å². The second kappa shape index (κ2) is 7.22. The molecule has 1 N–H and O–H groups in total. The summed E-state index contributed by atoms with van der Waals surface area (Å²) in [6, 6.07) is -0.335. The molecule has 0 aromatic carbocycles. The van der Waals surface area contributed by atoms with E-state index in [0.717, 1.165) is 0 Å². The highest BCUT2D eigenvalue weighted by molar-refractivity contribution is 5.82. The number of esters is 1. The van der Waals surface area contributed by atoms with Crippen molar-refractivity contribution in [3.63, 3.8) is 0 Å². The predicted octanol–water partition coefficient (Wildman–Crippen LogP) is 0.252. The van der Waals surface area contributed by atoms with Crippen LogP contribution in [0.2, 0.25) is 0 Å². The Labute approximate surface area is 97.1 Å². The van der Waals surface area contributed by atoms with Crippen LogP contribution in [-0.4, -0.2) is 50.1 Å². The number of likely N-dealkylation sites (N-methyl/N-ethyl adjacent to an activating group) is 1. The molecule has 0 aliphatic heterocycles. The molecule has 0 bridgehead atoms. The summed E-state index contributed by atoms with van der Waals surface area (Å²) >= 11 is 0. The van der Waals surface area contributed by atoms with Crippen LogP contribution in [0.1, 0.15) is 20.8 Å². The molecule has 0 aliphatic carbocycles. The van der Waals surface area contributed by atoms with E-state index in [4.69, 9.17) is 0 Å². The Morgan fingerprint density at radius 3 is 2.31 bits per heavy atom. The van der Waals surface area contributed by atoms with E-state index in [0.29, 0.717) is 12.5 Å². The lowest BCUT2D eigenvalue weighted by Crippen LogP contribution is -2.46. The average Bonchev–Trinajstić information content (AvgIpc) is 2.24. The Morgan fingerprint density at radius 2 is 1.88 bits per heavy atom. The molecule has 0 saturated heterocycles. The third kappa shape index (κ3) is 5.70. The minimum absolute atomic E-state index is 0.0693. The molecule has 0 saturated carbocycles. The van der Waals surface area contributed by atoms with Crippen LogP contribution < -0.4 is 5.32 Å². The first-order valence-electron chi connectivity index (χ1n) is 5.43. The Hall–Kier alpha value is -1.10. The number of rotatable bonds is 6. The number of nitrogens with one attached hydrogen (secondary N) is 1. The molecule has 0 spiro atoms. The maximum absolute atomic E-state index is 11.7. The summed E-state index contributed by atoms with van der Waals surface area (Å²) in [5, 5.41) is 2.82. The van der Waals surface area contributed by atoms with E-state index in [1.807, 2.05) is 13.8 Å². The largest absolute Gasteiger partial charge is 0.468 e. The van der Waals surface area contributed by atoms with Gasteiger partial charge in [-0.2, -0.15) is 0 Å². The smallest absolute Gasteiger partial charge is 0.319 e. The van der Waals surface area contributed by atoms with Crippen molar-refractivity contribution in [1.29, 1.82) is 0 Å².